The molecule has 1 aromatic carbocycles. The lowest BCUT2D eigenvalue weighted by atomic mass is 10.1. The van der Waals surface area contributed by atoms with Gasteiger partial charge in [0.2, 0.25) is 5.91 Å². The Morgan fingerprint density at radius 2 is 2.12 bits per heavy atom. The van der Waals surface area contributed by atoms with E-state index in [-0.39, 0.29) is 5.69 Å². The molecule has 136 valence electrons. The number of aromatic nitrogens is 4. The molecule has 0 spiro atoms. The van der Waals surface area contributed by atoms with Crippen LogP contribution in [0.4, 0.5) is 0 Å². The molecule has 3 rings (SSSR count). The standard InChI is InChI=1S/C17H20N6O3/c1-9(24)15(16(18)25)20-17(26)13-7-11(21-22-13)8-23-10(2)19-12-5-3-4-6-14(12)23/h3-7,9,15,24H,8H2,1-2H3,(H2,18,25)(H,20,26)(H,21,22)/t9-,15+/m1/s1. The number of aliphatic hydroxyl groups excluding tert-OH is 1. The molecule has 5 N–H and O–H groups in total. The number of fused-ring (bicyclic) bond motifs is 1. The smallest absolute Gasteiger partial charge is 0.272 e. The van der Waals surface area contributed by atoms with Crippen molar-refractivity contribution in [2.45, 2.75) is 32.5 Å². The van der Waals surface area contributed by atoms with Crippen molar-refractivity contribution in [3.8, 4) is 0 Å². The van der Waals surface area contributed by atoms with E-state index in [1.165, 1.54) is 6.92 Å². The van der Waals surface area contributed by atoms with Crippen LogP contribution in [0.1, 0.15) is 28.9 Å². The maximum Gasteiger partial charge on any atom is 0.272 e. The van der Waals surface area contributed by atoms with Crippen molar-refractivity contribution in [1.82, 2.24) is 25.1 Å². The third-order valence-corrected chi connectivity index (χ3v) is 4.11. The quantitative estimate of drug-likeness (QED) is 0.495. The number of primary amides is 1. The van der Waals surface area contributed by atoms with E-state index < -0.39 is 24.0 Å². The number of amides is 2. The minimum Gasteiger partial charge on any atom is -0.391 e. The lowest BCUT2D eigenvalue weighted by Crippen LogP contribution is -2.50. The van der Waals surface area contributed by atoms with Gasteiger partial charge in [-0.05, 0) is 32.0 Å². The zero-order valence-corrected chi connectivity index (χ0v) is 14.4. The SMILES string of the molecule is Cc1nc2ccccc2n1Cc1cc(C(=O)N[C@H](C(N)=O)[C@@H](C)O)n[nH]1. The fourth-order valence-electron chi connectivity index (χ4n) is 2.77. The molecule has 0 radical (unpaired) electrons. The number of aliphatic hydroxyl groups is 1. The lowest BCUT2D eigenvalue weighted by Gasteiger charge is -2.17. The molecule has 3 aromatic rings. The van der Waals surface area contributed by atoms with Crippen LogP contribution < -0.4 is 11.1 Å². The Hall–Kier alpha value is -3.20. The number of H-pyrrole nitrogens is 1. The van der Waals surface area contributed by atoms with Crippen LogP contribution in [0, 0.1) is 6.92 Å². The highest BCUT2D eigenvalue weighted by Gasteiger charge is 2.24. The highest BCUT2D eigenvalue weighted by molar-refractivity contribution is 5.96. The first-order valence-electron chi connectivity index (χ1n) is 8.11. The van der Waals surface area contributed by atoms with Crippen LogP contribution in [-0.4, -0.2) is 48.8 Å². The maximum absolute atomic E-state index is 12.2. The third kappa shape index (κ3) is 3.42. The topological polar surface area (TPSA) is 139 Å². The first-order chi connectivity index (χ1) is 12.4. The van der Waals surface area contributed by atoms with Crippen molar-refractivity contribution in [3.63, 3.8) is 0 Å². The Kier molecular flexibility index (Phi) is 4.72. The van der Waals surface area contributed by atoms with E-state index in [4.69, 9.17) is 5.73 Å². The number of benzene rings is 1. The molecule has 0 saturated heterocycles. The number of hydrogen-bond acceptors (Lipinski definition) is 5. The minimum atomic E-state index is -1.18. The summed E-state index contributed by atoms with van der Waals surface area (Å²) < 4.78 is 2.01. The summed E-state index contributed by atoms with van der Waals surface area (Å²) in [5.74, 6) is -0.566. The molecule has 26 heavy (non-hydrogen) atoms. The molecule has 2 aromatic heterocycles. The fraction of sp³-hybridized carbons (Fsp3) is 0.294. The van der Waals surface area contributed by atoms with Gasteiger partial charge in [0.05, 0.1) is 29.4 Å². The summed E-state index contributed by atoms with van der Waals surface area (Å²) in [5.41, 5.74) is 7.86. The average molecular weight is 356 g/mol. The second-order valence-corrected chi connectivity index (χ2v) is 6.11. The average Bonchev–Trinajstić information content (AvgIpc) is 3.17. The number of carbonyl (C=O) groups is 2. The molecule has 9 heteroatoms. The molecule has 0 unspecified atom stereocenters. The van der Waals surface area contributed by atoms with E-state index in [1.807, 2.05) is 35.8 Å². The van der Waals surface area contributed by atoms with E-state index >= 15 is 0 Å². The van der Waals surface area contributed by atoms with E-state index in [1.54, 1.807) is 6.07 Å². The zero-order valence-electron chi connectivity index (χ0n) is 14.4. The monoisotopic (exact) mass is 356 g/mol. The van der Waals surface area contributed by atoms with Crippen LogP contribution in [-0.2, 0) is 11.3 Å². The summed E-state index contributed by atoms with van der Waals surface area (Å²) in [7, 11) is 0. The van der Waals surface area contributed by atoms with Crippen LogP contribution in [0.25, 0.3) is 11.0 Å². The van der Waals surface area contributed by atoms with Crippen molar-refractivity contribution in [2.75, 3.05) is 0 Å². The molecule has 0 saturated carbocycles. The van der Waals surface area contributed by atoms with Gasteiger partial charge in [0, 0.05) is 0 Å². The first kappa shape index (κ1) is 17.6. The molecular weight excluding hydrogens is 336 g/mol. The Morgan fingerprint density at radius 3 is 2.81 bits per heavy atom. The number of aromatic amines is 1. The predicted octanol–water partition coefficient (Wildman–Crippen LogP) is 0.0806. The van der Waals surface area contributed by atoms with Gasteiger partial charge < -0.3 is 20.7 Å². The predicted molar refractivity (Wildman–Crippen MR) is 94.3 cm³/mol. The van der Waals surface area contributed by atoms with Gasteiger partial charge in [-0.15, -0.1) is 0 Å². The van der Waals surface area contributed by atoms with Gasteiger partial charge in [0.15, 0.2) is 0 Å². The van der Waals surface area contributed by atoms with Crippen LogP contribution in [0.5, 0.6) is 0 Å². The first-order valence-corrected chi connectivity index (χ1v) is 8.11. The maximum atomic E-state index is 12.2. The number of para-hydroxylation sites is 2. The van der Waals surface area contributed by atoms with Gasteiger partial charge in [0.25, 0.3) is 5.91 Å². The van der Waals surface area contributed by atoms with Crippen molar-refractivity contribution >= 4 is 22.8 Å². The van der Waals surface area contributed by atoms with Crippen LogP contribution in [0.3, 0.4) is 0 Å². The van der Waals surface area contributed by atoms with Crippen molar-refractivity contribution in [2.24, 2.45) is 5.73 Å². The van der Waals surface area contributed by atoms with Crippen LogP contribution in [0.15, 0.2) is 30.3 Å². The Morgan fingerprint density at radius 1 is 1.38 bits per heavy atom. The number of carbonyl (C=O) groups excluding carboxylic acids is 2. The molecule has 9 nitrogen and oxygen atoms in total. The number of nitrogens with zero attached hydrogens (tertiary/aromatic N) is 3. The number of nitrogens with one attached hydrogen (secondary N) is 2. The Bertz CT molecular complexity index is 958. The van der Waals surface area contributed by atoms with E-state index in [2.05, 4.69) is 20.5 Å². The van der Waals surface area contributed by atoms with Gasteiger partial charge in [-0.3, -0.25) is 14.7 Å². The van der Waals surface area contributed by atoms with Crippen molar-refractivity contribution in [1.29, 1.82) is 0 Å². The van der Waals surface area contributed by atoms with Gasteiger partial charge in [-0.1, -0.05) is 12.1 Å². The molecule has 2 amide bonds. The summed E-state index contributed by atoms with van der Waals surface area (Å²) >= 11 is 0. The van der Waals surface area contributed by atoms with Gasteiger partial charge in [-0.25, -0.2) is 4.98 Å². The molecule has 0 aliphatic carbocycles. The zero-order chi connectivity index (χ0) is 18.8. The lowest BCUT2D eigenvalue weighted by molar-refractivity contribution is -0.122. The number of imidazole rings is 1. The molecule has 2 heterocycles. The fourth-order valence-corrected chi connectivity index (χ4v) is 2.77. The number of nitrogens with two attached hydrogens (primary N) is 1. The van der Waals surface area contributed by atoms with Crippen molar-refractivity contribution in [3.05, 3.63) is 47.5 Å². The highest BCUT2D eigenvalue weighted by Crippen LogP contribution is 2.17. The molecule has 0 bridgehead atoms. The summed E-state index contributed by atoms with van der Waals surface area (Å²) in [6, 6.07) is 8.18. The second kappa shape index (κ2) is 6.96. The third-order valence-electron chi connectivity index (χ3n) is 4.11. The normalized spacial score (nSPS) is 13.5. The largest absolute Gasteiger partial charge is 0.391 e. The summed E-state index contributed by atoms with van der Waals surface area (Å²) in [6.45, 7) is 3.74. The summed E-state index contributed by atoms with van der Waals surface area (Å²) in [5, 5.41) is 18.7. The van der Waals surface area contributed by atoms with E-state index in [9.17, 15) is 14.7 Å². The summed E-state index contributed by atoms with van der Waals surface area (Å²) in [6.07, 6.45) is -1.10. The Labute approximate surface area is 149 Å². The molecule has 2 atom stereocenters. The highest BCUT2D eigenvalue weighted by atomic mass is 16.3. The van der Waals surface area contributed by atoms with Crippen LogP contribution in [0.2, 0.25) is 0 Å². The Balaban J connectivity index is 1.78. The molecule has 0 fully saturated rings. The van der Waals surface area contributed by atoms with Gasteiger partial charge in [0.1, 0.15) is 17.6 Å². The van der Waals surface area contributed by atoms with Gasteiger partial charge in [-0.2, -0.15) is 5.10 Å². The second-order valence-electron chi connectivity index (χ2n) is 6.11. The molecule has 0 aliphatic heterocycles. The molecule has 0 aliphatic rings. The number of aryl methyl sites for hydroxylation is 1. The van der Waals surface area contributed by atoms with E-state index in [0.717, 1.165) is 16.9 Å². The van der Waals surface area contributed by atoms with Crippen LogP contribution >= 0.6 is 0 Å². The van der Waals surface area contributed by atoms with Gasteiger partial charge >= 0.3 is 0 Å². The molecular formula is C17H20N6O3. The summed E-state index contributed by atoms with van der Waals surface area (Å²) in [4.78, 5) is 28.0. The number of hydrogen-bond donors (Lipinski definition) is 4. The number of rotatable bonds is 6. The van der Waals surface area contributed by atoms with E-state index in [0.29, 0.717) is 12.2 Å². The van der Waals surface area contributed by atoms with Crippen molar-refractivity contribution < 1.29 is 14.7 Å². The minimum absolute atomic E-state index is 0.106.